The van der Waals surface area contributed by atoms with Crippen LogP contribution in [0.2, 0.25) is 0 Å². The second kappa shape index (κ2) is 7.69. The molecular formula is C26H29N2P. The number of aryl methyl sites for hydroxylation is 6. The Kier molecular flexibility index (Phi) is 5.23. The van der Waals surface area contributed by atoms with E-state index in [1.165, 1.54) is 56.0 Å². The van der Waals surface area contributed by atoms with Crippen molar-refractivity contribution in [2.75, 3.05) is 9.34 Å². The summed E-state index contributed by atoms with van der Waals surface area (Å²) in [5.41, 5.74) is 13.1. The first-order valence-electron chi connectivity index (χ1n) is 10.1. The van der Waals surface area contributed by atoms with Crippen LogP contribution in [0.3, 0.4) is 0 Å². The predicted molar refractivity (Wildman–Crippen MR) is 129 cm³/mol. The van der Waals surface area contributed by atoms with E-state index in [1.807, 2.05) is 0 Å². The monoisotopic (exact) mass is 400 g/mol. The lowest BCUT2D eigenvalue weighted by Crippen LogP contribution is -2.13. The molecule has 0 aliphatic carbocycles. The Morgan fingerprint density at radius 1 is 0.621 bits per heavy atom. The van der Waals surface area contributed by atoms with E-state index < -0.39 is 0 Å². The molecular weight excluding hydrogens is 371 g/mol. The molecule has 1 heterocycles. The third-order valence-electron chi connectivity index (χ3n) is 5.50. The van der Waals surface area contributed by atoms with E-state index in [0.717, 1.165) is 0 Å². The number of hydrogen-bond donors (Lipinski definition) is 0. The molecule has 0 spiro atoms. The highest BCUT2D eigenvalue weighted by atomic mass is 31.1. The largest absolute Gasteiger partial charge is 0.309 e. The van der Waals surface area contributed by atoms with Crippen LogP contribution in [0.1, 0.15) is 38.9 Å². The molecule has 0 saturated carbocycles. The first kappa shape index (κ1) is 19.7. The molecule has 0 radical (unpaired) electrons. The van der Waals surface area contributed by atoms with Crippen LogP contribution in [-0.2, 0) is 0 Å². The van der Waals surface area contributed by atoms with Gasteiger partial charge in [0.05, 0.1) is 26.0 Å². The van der Waals surface area contributed by atoms with Crippen LogP contribution >= 0.6 is 8.88 Å². The molecule has 1 aliphatic heterocycles. The summed E-state index contributed by atoms with van der Waals surface area (Å²) >= 11 is 0. The number of rotatable bonds is 3. The smallest absolute Gasteiger partial charge is 0.0890 e. The van der Waals surface area contributed by atoms with Gasteiger partial charge in [0.25, 0.3) is 0 Å². The van der Waals surface area contributed by atoms with E-state index in [9.17, 15) is 0 Å². The highest BCUT2D eigenvalue weighted by Gasteiger charge is 2.28. The van der Waals surface area contributed by atoms with Crippen molar-refractivity contribution in [2.24, 2.45) is 0 Å². The highest BCUT2D eigenvalue weighted by Crippen LogP contribution is 2.50. The summed E-state index contributed by atoms with van der Waals surface area (Å²) in [6.07, 6.45) is 2.33. The zero-order valence-electron chi connectivity index (χ0n) is 18.2. The molecule has 0 amide bonds. The molecule has 29 heavy (non-hydrogen) atoms. The Hall–Kier alpha value is -2.57. The maximum Gasteiger partial charge on any atom is 0.0890 e. The number of anilines is 2. The van der Waals surface area contributed by atoms with Gasteiger partial charge in [-0.3, -0.25) is 0 Å². The van der Waals surface area contributed by atoms with E-state index in [2.05, 4.69) is 112 Å². The third kappa shape index (κ3) is 3.70. The van der Waals surface area contributed by atoms with Crippen molar-refractivity contribution in [1.82, 2.24) is 0 Å². The fourth-order valence-electron chi connectivity index (χ4n) is 4.55. The van der Waals surface area contributed by atoms with Crippen LogP contribution in [0, 0.1) is 41.5 Å². The predicted octanol–water partition coefficient (Wildman–Crippen LogP) is 7.37. The lowest BCUT2D eigenvalue weighted by Gasteiger charge is -2.28. The van der Waals surface area contributed by atoms with Gasteiger partial charge in [-0.1, -0.05) is 65.7 Å². The Morgan fingerprint density at radius 3 is 1.62 bits per heavy atom. The second-order valence-electron chi connectivity index (χ2n) is 8.18. The zero-order chi connectivity index (χ0) is 20.7. The highest BCUT2D eigenvalue weighted by molar-refractivity contribution is 7.43. The van der Waals surface area contributed by atoms with Gasteiger partial charge >= 0.3 is 0 Å². The summed E-state index contributed by atoms with van der Waals surface area (Å²) in [4.78, 5) is 0. The number of hydrogen-bond acceptors (Lipinski definition) is 2. The van der Waals surface area contributed by atoms with Gasteiger partial charge in [0, 0.05) is 6.20 Å². The standard InChI is InChI=1S/C26H29N2P/c1-17-12-19(3)25(20(4)13-17)27-16-24(23-10-8-7-9-11-23)28(29-27)26-21(5)14-18(2)15-22(26)6/h7-16,29H,1-6H3. The van der Waals surface area contributed by atoms with Crippen molar-refractivity contribution in [3.05, 3.63) is 99.7 Å². The van der Waals surface area contributed by atoms with Crippen molar-refractivity contribution >= 4 is 26.0 Å². The Bertz CT molecular complexity index is 1050. The topological polar surface area (TPSA) is 6.48 Å². The van der Waals surface area contributed by atoms with Gasteiger partial charge in [0.2, 0.25) is 0 Å². The van der Waals surface area contributed by atoms with Crippen molar-refractivity contribution in [3.8, 4) is 0 Å². The molecule has 1 atom stereocenters. The van der Waals surface area contributed by atoms with Gasteiger partial charge in [0.1, 0.15) is 0 Å². The molecule has 2 nitrogen and oxygen atoms in total. The fraction of sp³-hybridized carbons (Fsp3) is 0.231. The molecule has 4 rings (SSSR count). The molecule has 0 saturated heterocycles. The summed E-state index contributed by atoms with van der Waals surface area (Å²) in [5, 5.41) is 0. The molecule has 3 aromatic carbocycles. The average molecular weight is 401 g/mol. The van der Waals surface area contributed by atoms with Crippen LogP contribution in [-0.4, -0.2) is 0 Å². The maximum absolute atomic E-state index is 2.50. The summed E-state index contributed by atoms with van der Waals surface area (Å²) in [5.74, 6) is 0. The fourth-order valence-corrected chi connectivity index (χ4v) is 6.14. The first-order chi connectivity index (χ1) is 13.8. The van der Waals surface area contributed by atoms with Crippen LogP contribution < -0.4 is 9.34 Å². The minimum atomic E-state index is 0.505. The van der Waals surface area contributed by atoms with E-state index >= 15 is 0 Å². The summed E-state index contributed by atoms with van der Waals surface area (Å²) in [6.45, 7) is 13.3. The molecule has 1 aliphatic rings. The Labute approximate surface area is 176 Å². The second-order valence-corrected chi connectivity index (χ2v) is 9.31. The van der Waals surface area contributed by atoms with Crippen molar-refractivity contribution in [1.29, 1.82) is 0 Å². The molecule has 148 valence electrons. The van der Waals surface area contributed by atoms with Crippen molar-refractivity contribution in [3.63, 3.8) is 0 Å². The van der Waals surface area contributed by atoms with Crippen LogP contribution in [0.4, 0.5) is 11.4 Å². The SMILES string of the molecule is Cc1cc(C)c(N2C=C(c3ccccc3)N(c3c(C)cc(C)cc3C)P2)c(C)c1. The van der Waals surface area contributed by atoms with E-state index in [4.69, 9.17) is 0 Å². The minimum absolute atomic E-state index is 0.505. The van der Waals surface area contributed by atoms with E-state index in [1.54, 1.807) is 0 Å². The van der Waals surface area contributed by atoms with Gasteiger partial charge in [-0.15, -0.1) is 0 Å². The molecule has 0 N–H and O–H groups in total. The lowest BCUT2D eigenvalue weighted by molar-refractivity contribution is 1.27. The van der Waals surface area contributed by atoms with Gasteiger partial charge in [-0.25, -0.2) is 0 Å². The summed E-state index contributed by atoms with van der Waals surface area (Å²) in [7, 11) is 0.505. The van der Waals surface area contributed by atoms with Gasteiger partial charge in [0.15, 0.2) is 0 Å². The van der Waals surface area contributed by atoms with Crippen LogP contribution in [0.15, 0.2) is 60.8 Å². The van der Waals surface area contributed by atoms with Gasteiger partial charge < -0.3 is 9.34 Å². The Morgan fingerprint density at radius 2 is 1.10 bits per heavy atom. The lowest BCUT2D eigenvalue weighted by atomic mass is 10.0. The van der Waals surface area contributed by atoms with Crippen molar-refractivity contribution in [2.45, 2.75) is 41.5 Å². The molecule has 3 heteroatoms. The van der Waals surface area contributed by atoms with Crippen LogP contribution in [0.25, 0.3) is 5.70 Å². The molecule has 0 bridgehead atoms. The first-order valence-corrected chi connectivity index (χ1v) is 11.0. The van der Waals surface area contributed by atoms with E-state index in [-0.39, 0.29) is 0 Å². The van der Waals surface area contributed by atoms with Crippen LogP contribution in [0.5, 0.6) is 0 Å². The Balaban J connectivity index is 1.87. The van der Waals surface area contributed by atoms with Gasteiger partial charge in [-0.2, -0.15) is 0 Å². The maximum atomic E-state index is 2.50. The normalized spacial score (nSPS) is 14.6. The average Bonchev–Trinajstić information content (AvgIpc) is 3.05. The summed E-state index contributed by atoms with van der Waals surface area (Å²) in [6, 6.07) is 19.9. The number of benzene rings is 3. The zero-order valence-corrected chi connectivity index (χ0v) is 19.2. The third-order valence-corrected chi connectivity index (χ3v) is 6.74. The number of nitrogens with zero attached hydrogens (tertiary/aromatic N) is 2. The quantitative estimate of drug-likeness (QED) is 0.423. The molecule has 0 fully saturated rings. The molecule has 0 aromatic heterocycles. The molecule has 1 unspecified atom stereocenters. The minimum Gasteiger partial charge on any atom is -0.309 e. The molecule has 3 aromatic rings. The van der Waals surface area contributed by atoms with Crippen molar-refractivity contribution < 1.29 is 0 Å². The van der Waals surface area contributed by atoms with Gasteiger partial charge in [-0.05, 0) is 69.4 Å². The summed E-state index contributed by atoms with van der Waals surface area (Å²) < 4.78 is 4.93. The van der Waals surface area contributed by atoms with E-state index in [0.29, 0.717) is 8.88 Å².